The highest BCUT2D eigenvalue weighted by Crippen LogP contribution is 2.40. The van der Waals surface area contributed by atoms with E-state index in [2.05, 4.69) is 0 Å². The lowest BCUT2D eigenvalue weighted by Crippen LogP contribution is -2.24. The lowest BCUT2D eigenvalue weighted by atomic mass is 9.79. The zero-order valence-corrected chi connectivity index (χ0v) is 11.4. The fourth-order valence-electron chi connectivity index (χ4n) is 3.46. The molecule has 1 aromatic carbocycles. The van der Waals surface area contributed by atoms with Crippen molar-refractivity contribution < 1.29 is 19.1 Å². The van der Waals surface area contributed by atoms with Gasteiger partial charge in [-0.25, -0.2) is 0 Å². The van der Waals surface area contributed by atoms with Crippen molar-refractivity contribution in [3.05, 3.63) is 46.2 Å². The topological polar surface area (TPSA) is 67.5 Å². The van der Waals surface area contributed by atoms with E-state index in [-0.39, 0.29) is 12.2 Å². The molecule has 0 aliphatic heterocycles. The number of ketones is 2. The molecule has 0 spiro atoms. The molecule has 1 aromatic heterocycles. The predicted molar refractivity (Wildman–Crippen MR) is 75.4 cm³/mol. The Balaban J connectivity index is 2.04. The number of carbonyl (C=O) groups is 2. The van der Waals surface area contributed by atoms with Gasteiger partial charge in [-0.05, 0) is 36.8 Å². The van der Waals surface area contributed by atoms with Gasteiger partial charge in [0.05, 0.1) is 18.4 Å². The van der Waals surface area contributed by atoms with Gasteiger partial charge < -0.3 is 9.52 Å². The van der Waals surface area contributed by atoms with E-state index in [0.29, 0.717) is 22.5 Å². The van der Waals surface area contributed by atoms with Gasteiger partial charge in [0.25, 0.3) is 0 Å². The van der Waals surface area contributed by atoms with Crippen molar-refractivity contribution in [3.63, 3.8) is 0 Å². The van der Waals surface area contributed by atoms with Crippen LogP contribution in [0.5, 0.6) is 0 Å². The second kappa shape index (κ2) is 4.40. The first-order valence-corrected chi connectivity index (χ1v) is 7.17. The molecule has 0 bridgehead atoms. The Morgan fingerprint density at radius 1 is 1.05 bits per heavy atom. The predicted octanol–water partition coefficient (Wildman–Crippen LogP) is 2.70. The van der Waals surface area contributed by atoms with E-state index in [4.69, 9.17) is 4.42 Å². The van der Waals surface area contributed by atoms with Gasteiger partial charge in [0.1, 0.15) is 5.76 Å². The first-order valence-electron chi connectivity index (χ1n) is 7.17. The summed E-state index contributed by atoms with van der Waals surface area (Å²) < 4.78 is 5.48. The zero-order chi connectivity index (χ0) is 14.6. The summed E-state index contributed by atoms with van der Waals surface area (Å²) in [6.07, 6.45) is 5.31. The molecule has 0 unspecified atom stereocenters. The zero-order valence-electron chi connectivity index (χ0n) is 11.4. The molecule has 4 nitrogen and oxygen atoms in total. The molecular weight excluding hydrogens is 268 g/mol. The third kappa shape index (κ3) is 1.59. The molecule has 106 valence electrons. The SMILES string of the molecule is O=C1C(=O)c2c(ccc3c2CCCC3)-c2occ(CO)c21. The summed E-state index contributed by atoms with van der Waals surface area (Å²) in [4.78, 5) is 24.9. The molecule has 0 amide bonds. The monoisotopic (exact) mass is 282 g/mol. The molecule has 2 aliphatic rings. The number of aryl methyl sites for hydroxylation is 1. The Morgan fingerprint density at radius 3 is 2.62 bits per heavy atom. The Labute approximate surface area is 121 Å². The third-order valence-corrected chi connectivity index (χ3v) is 4.48. The van der Waals surface area contributed by atoms with E-state index in [0.717, 1.165) is 31.2 Å². The molecule has 0 fully saturated rings. The molecule has 0 saturated carbocycles. The smallest absolute Gasteiger partial charge is 0.237 e. The van der Waals surface area contributed by atoms with Gasteiger partial charge in [-0.1, -0.05) is 12.1 Å². The van der Waals surface area contributed by atoms with Gasteiger partial charge in [-0.15, -0.1) is 0 Å². The maximum absolute atomic E-state index is 12.5. The van der Waals surface area contributed by atoms with Gasteiger partial charge >= 0.3 is 0 Å². The number of hydrogen-bond donors (Lipinski definition) is 1. The minimum absolute atomic E-state index is 0.228. The number of fused-ring (bicyclic) bond motifs is 5. The summed E-state index contributed by atoms with van der Waals surface area (Å²) in [6, 6.07) is 3.90. The van der Waals surface area contributed by atoms with Crippen molar-refractivity contribution in [2.75, 3.05) is 0 Å². The van der Waals surface area contributed by atoms with E-state index >= 15 is 0 Å². The van der Waals surface area contributed by atoms with Crippen LogP contribution in [0.15, 0.2) is 22.8 Å². The van der Waals surface area contributed by atoms with E-state index in [1.807, 2.05) is 12.1 Å². The second-order valence-corrected chi connectivity index (χ2v) is 5.61. The maximum atomic E-state index is 12.5. The summed E-state index contributed by atoms with van der Waals surface area (Å²) in [5, 5.41) is 9.30. The van der Waals surface area contributed by atoms with Crippen LogP contribution in [0.1, 0.15) is 50.2 Å². The molecular formula is C17H14O4. The van der Waals surface area contributed by atoms with Crippen molar-refractivity contribution in [2.24, 2.45) is 0 Å². The van der Waals surface area contributed by atoms with Crippen LogP contribution < -0.4 is 0 Å². The molecule has 2 aliphatic carbocycles. The first kappa shape index (κ1) is 12.5. The molecule has 1 N–H and O–H groups in total. The number of benzene rings is 1. The first-order chi connectivity index (χ1) is 10.2. The van der Waals surface area contributed by atoms with Crippen molar-refractivity contribution in [1.82, 2.24) is 0 Å². The average Bonchev–Trinajstić information content (AvgIpc) is 2.96. The van der Waals surface area contributed by atoms with E-state index < -0.39 is 11.6 Å². The highest BCUT2D eigenvalue weighted by molar-refractivity contribution is 6.53. The Hall–Kier alpha value is -2.20. The van der Waals surface area contributed by atoms with Gasteiger partial charge in [-0.3, -0.25) is 9.59 Å². The molecule has 4 rings (SSSR count). The number of Topliss-reactive ketones (excluding diaryl/α,β-unsaturated/α-hetero) is 2. The largest absolute Gasteiger partial charge is 0.463 e. The molecule has 21 heavy (non-hydrogen) atoms. The summed E-state index contributed by atoms with van der Waals surface area (Å²) in [5.41, 5.74) is 3.99. The lowest BCUT2D eigenvalue weighted by Gasteiger charge is -2.23. The van der Waals surface area contributed by atoms with Gasteiger partial charge in [0.2, 0.25) is 11.6 Å². The van der Waals surface area contributed by atoms with Gasteiger partial charge in [-0.2, -0.15) is 0 Å². The fourth-order valence-corrected chi connectivity index (χ4v) is 3.46. The third-order valence-electron chi connectivity index (χ3n) is 4.48. The molecule has 0 radical (unpaired) electrons. The van der Waals surface area contributed by atoms with Crippen LogP contribution in [0.2, 0.25) is 0 Å². The van der Waals surface area contributed by atoms with Crippen molar-refractivity contribution in [3.8, 4) is 11.3 Å². The van der Waals surface area contributed by atoms with Crippen LogP contribution in [-0.2, 0) is 19.4 Å². The second-order valence-electron chi connectivity index (χ2n) is 5.61. The average molecular weight is 282 g/mol. The normalized spacial score (nSPS) is 16.4. The lowest BCUT2D eigenvalue weighted by molar-refractivity contribution is 0.0812. The van der Waals surface area contributed by atoms with E-state index in [1.165, 1.54) is 11.8 Å². The van der Waals surface area contributed by atoms with Gasteiger partial charge in [0.15, 0.2) is 0 Å². The highest BCUT2D eigenvalue weighted by Gasteiger charge is 2.37. The summed E-state index contributed by atoms with van der Waals surface area (Å²) in [7, 11) is 0. The number of hydrogen-bond acceptors (Lipinski definition) is 4. The summed E-state index contributed by atoms with van der Waals surface area (Å²) in [5.74, 6) is -0.603. The van der Waals surface area contributed by atoms with Crippen molar-refractivity contribution in [2.45, 2.75) is 32.3 Å². The van der Waals surface area contributed by atoms with Crippen LogP contribution in [0.25, 0.3) is 11.3 Å². The summed E-state index contributed by atoms with van der Waals surface area (Å²) >= 11 is 0. The maximum Gasteiger partial charge on any atom is 0.237 e. The number of rotatable bonds is 1. The summed E-state index contributed by atoms with van der Waals surface area (Å²) in [6.45, 7) is -0.307. The van der Waals surface area contributed by atoms with Crippen molar-refractivity contribution in [1.29, 1.82) is 0 Å². The molecule has 1 heterocycles. The quantitative estimate of drug-likeness (QED) is 0.817. The van der Waals surface area contributed by atoms with Crippen LogP contribution in [0.4, 0.5) is 0 Å². The highest BCUT2D eigenvalue weighted by atomic mass is 16.3. The molecule has 2 aromatic rings. The standard InChI is InChI=1S/C17H14O4/c18-7-10-8-21-17-12-6-5-9-3-1-2-4-11(9)14(12)16(20)15(19)13(10)17/h5-6,8,18H,1-4,7H2. The van der Waals surface area contributed by atoms with Crippen molar-refractivity contribution >= 4 is 11.6 Å². The molecule has 0 saturated heterocycles. The Kier molecular flexibility index (Phi) is 2.62. The minimum atomic E-state index is -0.561. The Morgan fingerprint density at radius 2 is 1.81 bits per heavy atom. The van der Waals surface area contributed by atoms with Crippen LogP contribution in [0, 0.1) is 0 Å². The molecule has 0 atom stereocenters. The van der Waals surface area contributed by atoms with Crippen LogP contribution in [0.3, 0.4) is 0 Å². The fraction of sp³-hybridized carbons (Fsp3) is 0.294. The van der Waals surface area contributed by atoms with Crippen LogP contribution in [-0.4, -0.2) is 16.7 Å². The number of aliphatic hydroxyl groups is 1. The van der Waals surface area contributed by atoms with Crippen LogP contribution >= 0.6 is 0 Å². The molecule has 4 heteroatoms. The number of aliphatic hydroxyl groups excluding tert-OH is 1. The Bertz CT molecular complexity index is 782. The number of furan rings is 1. The van der Waals surface area contributed by atoms with E-state index in [9.17, 15) is 14.7 Å². The van der Waals surface area contributed by atoms with Gasteiger partial charge in [0, 0.05) is 16.7 Å². The minimum Gasteiger partial charge on any atom is -0.463 e. The number of carbonyl (C=O) groups excluding carboxylic acids is 2. The van der Waals surface area contributed by atoms with E-state index in [1.54, 1.807) is 0 Å².